The highest BCUT2D eigenvalue weighted by Crippen LogP contribution is 2.25. The molecule has 0 radical (unpaired) electrons. The van der Waals surface area contributed by atoms with Crippen molar-refractivity contribution in [1.29, 1.82) is 5.26 Å². The number of hydrogen-bond acceptors (Lipinski definition) is 2. The van der Waals surface area contributed by atoms with Gasteiger partial charge in [0.15, 0.2) is 0 Å². The zero-order chi connectivity index (χ0) is 10.8. The van der Waals surface area contributed by atoms with Crippen LogP contribution in [-0.2, 0) is 0 Å². The summed E-state index contributed by atoms with van der Waals surface area (Å²) < 4.78 is 2.19. The average Bonchev–Trinajstić information content (AvgIpc) is 2.60. The van der Waals surface area contributed by atoms with Crippen LogP contribution in [0.25, 0.3) is 5.69 Å². The maximum Gasteiger partial charge on any atom is 0.127 e. The van der Waals surface area contributed by atoms with E-state index in [-0.39, 0.29) is 0 Å². The Morgan fingerprint density at radius 2 is 2.13 bits per heavy atom. The summed E-state index contributed by atoms with van der Waals surface area (Å²) in [4.78, 5) is 0. The van der Waals surface area contributed by atoms with E-state index in [9.17, 15) is 0 Å². The molecule has 0 unspecified atom stereocenters. The summed E-state index contributed by atoms with van der Waals surface area (Å²) in [7, 11) is 0. The van der Waals surface area contributed by atoms with Crippen LogP contribution >= 0.6 is 27.5 Å². The summed E-state index contributed by atoms with van der Waals surface area (Å²) in [6, 6.07) is 9.35. The fraction of sp³-hybridized carbons (Fsp3) is 0. The molecule has 1 aromatic heterocycles. The molecule has 0 N–H and O–H groups in total. The number of nitriles is 1. The van der Waals surface area contributed by atoms with E-state index in [0.717, 1.165) is 5.69 Å². The molecule has 0 bridgehead atoms. The SMILES string of the molecule is N#Cc1cnn(-c2ccccc2Cl)c1Br. The maximum absolute atomic E-state index is 8.78. The molecule has 74 valence electrons. The molecule has 0 saturated heterocycles. The summed E-state index contributed by atoms with van der Waals surface area (Å²) in [5, 5.41) is 13.5. The van der Waals surface area contributed by atoms with Crippen molar-refractivity contribution >= 4 is 27.5 Å². The quantitative estimate of drug-likeness (QED) is 0.806. The minimum absolute atomic E-state index is 0.481. The van der Waals surface area contributed by atoms with Crippen molar-refractivity contribution in [3.8, 4) is 11.8 Å². The largest absolute Gasteiger partial charge is 0.224 e. The van der Waals surface area contributed by atoms with Crippen LogP contribution in [0.5, 0.6) is 0 Å². The second-order valence-corrected chi connectivity index (χ2v) is 3.98. The Hall–Kier alpha value is -1.31. The Morgan fingerprint density at radius 3 is 2.73 bits per heavy atom. The monoisotopic (exact) mass is 281 g/mol. The molecule has 5 heteroatoms. The van der Waals surface area contributed by atoms with Gasteiger partial charge in [0.05, 0.1) is 16.9 Å². The topological polar surface area (TPSA) is 41.6 Å². The average molecular weight is 283 g/mol. The first-order valence-electron chi connectivity index (χ1n) is 4.12. The van der Waals surface area contributed by atoms with Gasteiger partial charge >= 0.3 is 0 Å². The van der Waals surface area contributed by atoms with Gasteiger partial charge in [-0.1, -0.05) is 23.7 Å². The first kappa shape index (κ1) is 10.2. The van der Waals surface area contributed by atoms with Crippen molar-refractivity contribution in [2.45, 2.75) is 0 Å². The molecule has 1 heterocycles. The molecule has 1 aromatic carbocycles. The number of aromatic nitrogens is 2. The number of halogens is 2. The smallest absolute Gasteiger partial charge is 0.127 e. The number of hydrogen-bond donors (Lipinski definition) is 0. The highest BCUT2D eigenvalue weighted by atomic mass is 79.9. The fourth-order valence-electron chi connectivity index (χ4n) is 1.20. The third kappa shape index (κ3) is 1.76. The normalized spacial score (nSPS) is 9.93. The predicted molar refractivity (Wildman–Crippen MR) is 61.0 cm³/mol. The van der Waals surface area contributed by atoms with Gasteiger partial charge in [-0.25, -0.2) is 4.68 Å². The standard InChI is InChI=1S/C10H5BrClN3/c11-10-7(5-13)6-14-15(10)9-4-2-1-3-8(9)12/h1-4,6H. The van der Waals surface area contributed by atoms with E-state index in [1.165, 1.54) is 6.20 Å². The van der Waals surface area contributed by atoms with E-state index in [1.54, 1.807) is 10.7 Å². The lowest BCUT2D eigenvalue weighted by Gasteiger charge is -2.04. The molecule has 2 rings (SSSR count). The number of rotatable bonds is 1. The van der Waals surface area contributed by atoms with E-state index >= 15 is 0 Å². The summed E-state index contributed by atoms with van der Waals surface area (Å²) in [5.74, 6) is 0. The van der Waals surface area contributed by atoms with Crippen LogP contribution < -0.4 is 0 Å². The first-order chi connectivity index (χ1) is 7.24. The van der Waals surface area contributed by atoms with Crippen LogP contribution in [-0.4, -0.2) is 9.78 Å². The molecule has 0 saturated carbocycles. The molecule has 0 aliphatic carbocycles. The second kappa shape index (κ2) is 4.05. The van der Waals surface area contributed by atoms with Gasteiger partial charge in [0.2, 0.25) is 0 Å². The number of benzene rings is 1. The van der Waals surface area contributed by atoms with E-state index in [0.29, 0.717) is 15.2 Å². The lowest BCUT2D eigenvalue weighted by molar-refractivity contribution is 0.861. The second-order valence-electron chi connectivity index (χ2n) is 2.82. The summed E-state index contributed by atoms with van der Waals surface area (Å²) in [5.41, 5.74) is 1.22. The Balaban J connectivity index is 2.61. The number of para-hydroxylation sites is 1. The van der Waals surface area contributed by atoms with Crippen molar-refractivity contribution in [2.24, 2.45) is 0 Å². The highest BCUT2D eigenvalue weighted by molar-refractivity contribution is 9.10. The van der Waals surface area contributed by atoms with Crippen LogP contribution in [0.2, 0.25) is 5.02 Å². The molecule has 15 heavy (non-hydrogen) atoms. The maximum atomic E-state index is 8.78. The van der Waals surface area contributed by atoms with Gasteiger partial charge in [0, 0.05) is 0 Å². The summed E-state index contributed by atoms with van der Waals surface area (Å²) in [6.07, 6.45) is 1.49. The van der Waals surface area contributed by atoms with E-state index in [4.69, 9.17) is 16.9 Å². The molecular weight excluding hydrogens is 277 g/mol. The van der Waals surface area contributed by atoms with E-state index < -0.39 is 0 Å². The zero-order valence-corrected chi connectivity index (χ0v) is 9.83. The van der Waals surface area contributed by atoms with Gasteiger partial charge < -0.3 is 0 Å². The van der Waals surface area contributed by atoms with Crippen LogP contribution in [0.15, 0.2) is 35.1 Å². The fourth-order valence-corrected chi connectivity index (χ4v) is 1.89. The molecule has 3 nitrogen and oxygen atoms in total. The van der Waals surface area contributed by atoms with Gasteiger partial charge in [0.25, 0.3) is 0 Å². The highest BCUT2D eigenvalue weighted by Gasteiger charge is 2.10. The van der Waals surface area contributed by atoms with Crippen molar-refractivity contribution in [3.63, 3.8) is 0 Å². The summed E-state index contributed by atoms with van der Waals surface area (Å²) >= 11 is 9.32. The van der Waals surface area contributed by atoms with Crippen LogP contribution in [0.3, 0.4) is 0 Å². The van der Waals surface area contributed by atoms with Crippen LogP contribution in [0.4, 0.5) is 0 Å². The van der Waals surface area contributed by atoms with Gasteiger partial charge in [-0.2, -0.15) is 10.4 Å². The molecule has 0 aliphatic rings. The Bertz CT molecular complexity index is 542. The van der Waals surface area contributed by atoms with Gasteiger partial charge in [-0.05, 0) is 28.1 Å². The molecule has 0 spiro atoms. The Kier molecular flexibility index (Phi) is 2.76. The van der Waals surface area contributed by atoms with Gasteiger partial charge in [-0.15, -0.1) is 0 Å². The predicted octanol–water partition coefficient (Wildman–Crippen LogP) is 3.16. The minimum atomic E-state index is 0.481. The van der Waals surface area contributed by atoms with Crippen LogP contribution in [0.1, 0.15) is 5.56 Å². The van der Waals surface area contributed by atoms with Crippen molar-refractivity contribution < 1.29 is 0 Å². The van der Waals surface area contributed by atoms with Crippen molar-refractivity contribution in [3.05, 3.63) is 45.7 Å². The van der Waals surface area contributed by atoms with Crippen molar-refractivity contribution in [1.82, 2.24) is 9.78 Å². The molecular formula is C10H5BrClN3. The third-order valence-corrected chi connectivity index (χ3v) is 2.99. The minimum Gasteiger partial charge on any atom is -0.224 e. The number of nitrogens with zero attached hydrogens (tertiary/aromatic N) is 3. The molecule has 0 atom stereocenters. The van der Waals surface area contributed by atoms with Gasteiger partial charge in [-0.3, -0.25) is 0 Å². The molecule has 2 aromatic rings. The molecule has 0 amide bonds. The van der Waals surface area contributed by atoms with Crippen LogP contribution in [0, 0.1) is 11.3 Å². The third-order valence-electron chi connectivity index (χ3n) is 1.91. The zero-order valence-electron chi connectivity index (χ0n) is 7.48. The first-order valence-corrected chi connectivity index (χ1v) is 5.29. The van der Waals surface area contributed by atoms with E-state index in [2.05, 4.69) is 21.0 Å². The lowest BCUT2D eigenvalue weighted by Crippen LogP contribution is -1.97. The lowest BCUT2D eigenvalue weighted by atomic mass is 10.3. The Morgan fingerprint density at radius 1 is 1.40 bits per heavy atom. The molecule has 0 fully saturated rings. The van der Waals surface area contributed by atoms with Crippen molar-refractivity contribution in [2.75, 3.05) is 0 Å². The van der Waals surface area contributed by atoms with Gasteiger partial charge in [0.1, 0.15) is 16.2 Å². The summed E-state index contributed by atoms with van der Waals surface area (Å²) in [6.45, 7) is 0. The Labute approximate surface area is 100 Å². The molecule has 0 aliphatic heterocycles. The van der Waals surface area contributed by atoms with E-state index in [1.807, 2.05) is 24.3 Å².